The number of rotatable bonds is 9. The molecule has 2 aliphatic heterocycles. The van der Waals surface area contributed by atoms with E-state index in [0.717, 1.165) is 37.9 Å². The van der Waals surface area contributed by atoms with Crippen molar-refractivity contribution in [2.45, 2.75) is 78.6 Å². The van der Waals surface area contributed by atoms with E-state index < -0.39 is 154 Å². The second kappa shape index (κ2) is 22.6. The molecular formula is C90H76BN3. The van der Waals surface area contributed by atoms with E-state index in [4.69, 9.17) is 2.74 Å². The Bertz CT molecular complexity index is 6150. The second-order valence-electron chi connectivity index (χ2n) is 27.5. The SMILES string of the molecule is [2H]c1c([2H])c(-c2ccccc2)c([2H])c(-c2c([2H])c([2H])c3c(c2[2H])B2c4c(cc(C(C)(C)C)cc4N(c4c(-c5ccccc5)cc(C(C)(C)C)cc4-c4ccccc4)c4c([2H])c(-n5c6c([2H])c([2H])c([2H])c([2H])c6c6c([2H])c([2H])c([2H])c([2H])c65)c([2H])c([2H])c42)N3c2c(-c3ccccc3)cc(C(C)(C)C)cc2-c2ccccc2)c1[2H]. The van der Waals surface area contributed by atoms with Gasteiger partial charge < -0.3 is 14.4 Å². The van der Waals surface area contributed by atoms with E-state index >= 15 is 0 Å². The zero-order chi connectivity index (χ0) is 79.9. The third-order valence-electron chi connectivity index (χ3n) is 18.4. The van der Waals surface area contributed by atoms with Crippen LogP contribution in [0.4, 0.5) is 34.1 Å². The van der Waals surface area contributed by atoms with Gasteiger partial charge in [-0.3, -0.25) is 0 Å². The number of anilines is 6. The molecular weight excluding hydrogens is 1130 g/mol. The van der Waals surface area contributed by atoms with Gasteiger partial charge in [-0.1, -0.05) is 286 Å². The minimum absolute atomic E-state index is 0.0320. The molecule has 0 spiro atoms. The fourth-order valence-electron chi connectivity index (χ4n) is 13.5. The zero-order valence-electron chi connectivity index (χ0n) is 71.8. The smallest absolute Gasteiger partial charge is 0.252 e. The Balaban J connectivity index is 1.20. The number of para-hydroxylation sites is 2. The van der Waals surface area contributed by atoms with Crippen LogP contribution in [0.25, 0.3) is 94.3 Å². The summed E-state index contributed by atoms with van der Waals surface area (Å²) in [7, 11) is 0. The first-order chi connectivity index (χ1) is 53.1. The highest BCUT2D eigenvalue weighted by atomic mass is 15.2. The standard InChI is InChI=1S/C90H76BN3/c1-88(2,3)67-52-73(60-32-17-11-18-33-60)86(74(53-67)61-34-19-12-20-35-61)93-81-49-46-66(65-41-29-40-64(50-65)59-30-15-10-16-31-59)51-78(81)91-77-48-47-70(92-79-44-27-25-42-71(79)72-43-26-28-45-80(72)92)58-82(77)94(84-57-69(90(7,8)9)56-83(93)85(84)91)87-75(62-36-21-13-22-37-62)54-68(89(4,5)6)55-76(87)63-38-23-14-24-39-63/h10-58H,1-9H3/i25D,26D,27D,28D,29D,40D,41D,42D,43D,44D,45D,46D,47D,48D,49D,50D,51D,58D. The summed E-state index contributed by atoms with van der Waals surface area (Å²) in [6.45, 7) is 17.4. The fourth-order valence-corrected chi connectivity index (χ4v) is 13.5. The van der Waals surface area contributed by atoms with Crippen molar-refractivity contribution < 1.29 is 24.7 Å². The Morgan fingerprint density at radius 2 is 0.691 bits per heavy atom. The lowest BCUT2D eigenvalue weighted by molar-refractivity contribution is 0.590. The molecule has 0 radical (unpaired) electrons. The van der Waals surface area contributed by atoms with Gasteiger partial charge in [0.15, 0.2) is 0 Å². The average Bonchev–Trinajstić information content (AvgIpc) is 0.750. The van der Waals surface area contributed by atoms with E-state index in [1.807, 2.05) is 143 Å². The molecule has 0 N–H and O–H groups in total. The Morgan fingerprint density at radius 1 is 0.309 bits per heavy atom. The summed E-state index contributed by atoms with van der Waals surface area (Å²) >= 11 is 0. The van der Waals surface area contributed by atoms with Gasteiger partial charge in [-0.05, 0) is 166 Å². The Morgan fingerprint density at radius 3 is 1.13 bits per heavy atom. The molecule has 0 unspecified atom stereocenters. The molecule has 0 amide bonds. The normalized spacial score (nSPS) is 15.6. The predicted octanol–water partition coefficient (Wildman–Crippen LogP) is 22.8. The van der Waals surface area contributed by atoms with Crippen molar-refractivity contribution in [1.29, 1.82) is 0 Å². The van der Waals surface area contributed by atoms with E-state index in [-0.39, 0.29) is 44.2 Å². The third kappa shape index (κ3) is 9.98. The topological polar surface area (TPSA) is 11.4 Å². The minimum Gasteiger partial charge on any atom is -0.310 e. The van der Waals surface area contributed by atoms with Crippen LogP contribution in [0.2, 0.25) is 0 Å². The molecule has 0 bridgehead atoms. The number of aromatic nitrogens is 1. The number of hydrogen-bond donors (Lipinski definition) is 0. The molecule has 454 valence electrons. The maximum absolute atomic E-state index is 11.7. The molecule has 3 heterocycles. The Hall–Kier alpha value is -10.7. The number of nitrogens with zero attached hydrogens (tertiary/aromatic N) is 3. The molecule has 16 rings (SSSR count). The van der Waals surface area contributed by atoms with Gasteiger partial charge in [-0.2, -0.15) is 0 Å². The van der Waals surface area contributed by atoms with E-state index in [0.29, 0.717) is 61.6 Å². The highest BCUT2D eigenvalue weighted by Gasteiger charge is 2.46. The molecule has 0 aliphatic carbocycles. The van der Waals surface area contributed by atoms with Crippen molar-refractivity contribution in [2.75, 3.05) is 9.80 Å². The van der Waals surface area contributed by atoms with E-state index in [9.17, 15) is 21.9 Å². The maximum atomic E-state index is 11.7. The summed E-state index contributed by atoms with van der Waals surface area (Å²) in [5.41, 5.74) is 6.48. The summed E-state index contributed by atoms with van der Waals surface area (Å²) < 4.78 is 183. The average molecular weight is 1230 g/mol. The fraction of sp³-hybridized carbons (Fsp3) is 0.133. The Labute approximate surface area is 580 Å². The molecule has 14 aromatic rings. The highest BCUT2D eigenvalue weighted by Crippen LogP contribution is 2.55. The molecule has 4 heteroatoms. The van der Waals surface area contributed by atoms with Crippen LogP contribution in [0.15, 0.2) is 297 Å². The number of benzene rings is 13. The van der Waals surface area contributed by atoms with Crippen molar-refractivity contribution in [3.8, 4) is 72.4 Å². The summed E-state index contributed by atoms with van der Waals surface area (Å²) in [5.74, 6) is 0. The molecule has 0 saturated carbocycles. The first-order valence-corrected chi connectivity index (χ1v) is 31.9. The Kier molecular flexibility index (Phi) is 10.0. The maximum Gasteiger partial charge on any atom is 0.252 e. The van der Waals surface area contributed by atoms with Gasteiger partial charge in [0.05, 0.1) is 47.1 Å². The van der Waals surface area contributed by atoms with Gasteiger partial charge in [0.2, 0.25) is 0 Å². The summed E-state index contributed by atoms with van der Waals surface area (Å²) in [6.07, 6.45) is 0. The molecule has 3 nitrogen and oxygen atoms in total. The summed E-state index contributed by atoms with van der Waals surface area (Å²) in [5, 5.41) is -0.634. The zero-order valence-corrected chi connectivity index (χ0v) is 53.8. The first-order valence-electron chi connectivity index (χ1n) is 40.9. The van der Waals surface area contributed by atoms with Crippen molar-refractivity contribution in [3.05, 3.63) is 314 Å². The molecule has 1 aromatic heterocycles. The highest BCUT2D eigenvalue weighted by molar-refractivity contribution is 7.00. The summed E-state index contributed by atoms with van der Waals surface area (Å²) in [4.78, 5) is 3.89. The molecule has 94 heavy (non-hydrogen) atoms. The van der Waals surface area contributed by atoms with E-state index in [2.05, 4.69) is 86.6 Å². The quantitative estimate of drug-likeness (QED) is 0.133. The second-order valence-corrected chi connectivity index (χ2v) is 27.5. The van der Waals surface area contributed by atoms with Gasteiger partial charge in [-0.15, -0.1) is 0 Å². The van der Waals surface area contributed by atoms with Crippen LogP contribution in [0.3, 0.4) is 0 Å². The van der Waals surface area contributed by atoms with Gasteiger partial charge >= 0.3 is 0 Å². The molecule has 13 aromatic carbocycles. The van der Waals surface area contributed by atoms with Crippen LogP contribution < -0.4 is 26.2 Å². The van der Waals surface area contributed by atoms with Crippen LogP contribution >= 0.6 is 0 Å². The van der Waals surface area contributed by atoms with Crippen LogP contribution in [0.5, 0.6) is 0 Å². The number of hydrogen-bond acceptors (Lipinski definition) is 2. The van der Waals surface area contributed by atoms with Crippen LogP contribution in [0, 0.1) is 0 Å². The molecule has 0 fully saturated rings. The lowest BCUT2D eigenvalue weighted by atomic mass is 9.33. The lowest BCUT2D eigenvalue weighted by Gasteiger charge is -2.47. The van der Waals surface area contributed by atoms with Gasteiger partial charge in [0.25, 0.3) is 6.71 Å². The first kappa shape index (κ1) is 41.7. The largest absolute Gasteiger partial charge is 0.310 e. The van der Waals surface area contributed by atoms with Crippen molar-refractivity contribution in [2.24, 2.45) is 0 Å². The lowest BCUT2D eigenvalue weighted by Crippen LogP contribution is -2.61. The van der Waals surface area contributed by atoms with Crippen LogP contribution in [-0.2, 0) is 16.2 Å². The van der Waals surface area contributed by atoms with Crippen molar-refractivity contribution >= 4 is 79.0 Å². The molecule has 2 aliphatic rings. The number of fused-ring (bicyclic) bond motifs is 7. The monoisotopic (exact) mass is 1230 g/mol. The van der Waals surface area contributed by atoms with Gasteiger partial charge in [0, 0.05) is 61.5 Å². The third-order valence-corrected chi connectivity index (χ3v) is 18.4. The van der Waals surface area contributed by atoms with Crippen molar-refractivity contribution in [1.82, 2.24) is 4.57 Å². The van der Waals surface area contributed by atoms with E-state index in [1.165, 1.54) is 0 Å². The van der Waals surface area contributed by atoms with E-state index in [1.54, 1.807) is 30.3 Å². The van der Waals surface area contributed by atoms with Crippen LogP contribution in [0.1, 0.15) is 104 Å². The summed E-state index contributed by atoms with van der Waals surface area (Å²) in [6, 6.07) is 49.0. The van der Waals surface area contributed by atoms with Gasteiger partial charge in [0.1, 0.15) is 0 Å². The molecule has 0 saturated heterocycles. The van der Waals surface area contributed by atoms with Crippen molar-refractivity contribution in [3.63, 3.8) is 0 Å². The van der Waals surface area contributed by atoms with Crippen LogP contribution in [-0.4, -0.2) is 11.3 Å². The minimum atomic E-state index is -1.55. The van der Waals surface area contributed by atoms with Gasteiger partial charge in [-0.25, -0.2) is 0 Å². The molecule has 0 atom stereocenters. The predicted molar refractivity (Wildman–Crippen MR) is 404 cm³/mol.